The van der Waals surface area contributed by atoms with E-state index < -0.39 is 11.8 Å². The van der Waals surface area contributed by atoms with Gasteiger partial charge in [0.25, 0.3) is 11.8 Å². The van der Waals surface area contributed by atoms with Crippen molar-refractivity contribution in [1.29, 1.82) is 0 Å². The van der Waals surface area contributed by atoms with Crippen molar-refractivity contribution in [2.45, 2.75) is 26.7 Å². The number of aromatic nitrogens is 1. The van der Waals surface area contributed by atoms with Crippen LogP contribution in [-0.4, -0.2) is 16.2 Å². The van der Waals surface area contributed by atoms with Crippen LogP contribution < -0.4 is 11.1 Å². The minimum absolute atomic E-state index is 0.0572. The first-order chi connectivity index (χ1) is 10.9. The zero-order valence-electron chi connectivity index (χ0n) is 13.2. The Morgan fingerprint density at radius 2 is 2.04 bits per heavy atom. The fourth-order valence-electron chi connectivity index (χ4n) is 1.37. The summed E-state index contributed by atoms with van der Waals surface area (Å²) in [5.74, 6) is -1.13. The van der Waals surface area contributed by atoms with Gasteiger partial charge in [-0.3, -0.25) is 9.59 Å². The molecule has 0 aliphatic heterocycles. The molecule has 3 N–H and O–H groups in total. The third-order valence-corrected chi connectivity index (χ3v) is 3.96. The van der Waals surface area contributed by atoms with Gasteiger partial charge in [-0.15, -0.1) is 11.6 Å². The van der Waals surface area contributed by atoms with Crippen LogP contribution in [0.25, 0.3) is 0 Å². The molecule has 0 aromatic carbocycles. The third kappa shape index (κ3) is 6.17. The molecule has 1 aromatic heterocycles. The molecule has 2 amide bonds. The van der Waals surface area contributed by atoms with Gasteiger partial charge in [-0.2, -0.15) is 4.37 Å². The highest BCUT2D eigenvalue weighted by Gasteiger charge is 2.20. The maximum Gasteiger partial charge on any atom is 0.267 e. The Morgan fingerprint density at radius 1 is 1.43 bits per heavy atom. The SMILES string of the molecule is C=C(NC(=O)c1snc(Cl)c1CCl)/C(=C\C=C/C)C(N)=O.CC. The monoisotopic (exact) mass is 375 g/mol. The first kappa shape index (κ1) is 21.4. The molecule has 126 valence electrons. The number of nitrogens with one attached hydrogen (secondary N) is 1. The first-order valence-corrected chi connectivity index (χ1v) is 8.44. The summed E-state index contributed by atoms with van der Waals surface area (Å²) < 4.78 is 3.86. The highest BCUT2D eigenvalue weighted by molar-refractivity contribution is 7.08. The van der Waals surface area contributed by atoms with Crippen LogP contribution >= 0.6 is 34.7 Å². The van der Waals surface area contributed by atoms with Gasteiger partial charge in [0.2, 0.25) is 0 Å². The molecule has 0 atom stereocenters. The quantitative estimate of drug-likeness (QED) is 0.450. The number of rotatable bonds is 6. The second kappa shape index (κ2) is 11.0. The summed E-state index contributed by atoms with van der Waals surface area (Å²) in [4.78, 5) is 23.8. The molecule has 0 aliphatic carbocycles. The topological polar surface area (TPSA) is 85.1 Å². The van der Waals surface area contributed by atoms with E-state index in [4.69, 9.17) is 28.9 Å². The lowest BCUT2D eigenvalue weighted by atomic mass is 10.1. The highest BCUT2D eigenvalue weighted by atomic mass is 35.5. The number of hydrogen-bond acceptors (Lipinski definition) is 4. The van der Waals surface area contributed by atoms with Gasteiger partial charge in [-0.25, -0.2) is 0 Å². The summed E-state index contributed by atoms with van der Waals surface area (Å²) in [6.45, 7) is 9.42. The third-order valence-electron chi connectivity index (χ3n) is 2.39. The van der Waals surface area contributed by atoms with E-state index in [1.165, 1.54) is 6.08 Å². The van der Waals surface area contributed by atoms with E-state index in [0.717, 1.165) is 11.5 Å². The molecule has 5 nitrogen and oxygen atoms in total. The van der Waals surface area contributed by atoms with Gasteiger partial charge in [0.05, 0.1) is 11.5 Å². The van der Waals surface area contributed by atoms with Gasteiger partial charge in [-0.1, -0.05) is 44.2 Å². The fraction of sp³-hybridized carbons (Fsp3) is 0.267. The summed E-state index contributed by atoms with van der Waals surface area (Å²) in [5, 5.41) is 2.68. The summed E-state index contributed by atoms with van der Waals surface area (Å²) in [5.41, 5.74) is 5.88. The van der Waals surface area contributed by atoms with Crippen LogP contribution in [-0.2, 0) is 10.7 Å². The van der Waals surface area contributed by atoms with Crippen LogP contribution in [0, 0.1) is 0 Å². The molecule has 0 unspecified atom stereocenters. The molecule has 0 saturated heterocycles. The minimum atomic E-state index is -0.696. The van der Waals surface area contributed by atoms with E-state index in [9.17, 15) is 9.59 Å². The molecule has 0 saturated carbocycles. The van der Waals surface area contributed by atoms with E-state index in [1.54, 1.807) is 19.1 Å². The second-order valence-corrected chi connectivity index (χ2v) is 5.22. The number of primary amides is 1. The smallest absolute Gasteiger partial charge is 0.267 e. The molecule has 0 bridgehead atoms. The normalized spacial score (nSPS) is 10.9. The lowest BCUT2D eigenvalue weighted by Gasteiger charge is -2.09. The first-order valence-electron chi connectivity index (χ1n) is 6.75. The van der Waals surface area contributed by atoms with Crippen LogP contribution in [0.1, 0.15) is 36.0 Å². The Balaban J connectivity index is 0.00000232. The number of alkyl halides is 1. The molecule has 8 heteroatoms. The minimum Gasteiger partial charge on any atom is -0.366 e. The van der Waals surface area contributed by atoms with Gasteiger partial charge < -0.3 is 11.1 Å². The summed E-state index contributed by atoms with van der Waals surface area (Å²) >= 11 is 12.5. The predicted molar refractivity (Wildman–Crippen MR) is 96.7 cm³/mol. The van der Waals surface area contributed by atoms with Crippen LogP contribution in [0.4, 0.5) is 0 Å². The second-order valence-electron chi connectivity index (χ2n) is 3.82. The van der Waals surface area contributed by atoms with E-state index in [-0.39, 0.29) is 27.2 Å². The maximum absolute atomic E-state index is 12.1. The van der Waals surface area contributed by atoms with Gasteiger partial charge >= 0.3 is 0 Å². The van der Waals surface area contributed by atoms with Crippen LogP contribution in [0.5, 0.6) is 0 Å². The molecule has 0 spiro atoms. The average Bonchev–Trinajstić information content (AvgIpc) is 2.90. The standard InChI is InChI=1S/C13H13Cl2N3O2S.C2H6/c1-3-4-5-8(12(16)19)7(2)17-13(20)10-9(6-14)11(15)18-21-10;1-2/h3-5H,2,6H2,1H3,(H2,16,19)(H,17,20);1-2H3/b4-3-,8-5+;. The van der Waals surface area contributed by atoms with Crippen molar-refractivity contribution < 1.29 is 9.59 Å². The summed E-state index contributed by atoms with van der Waals surface area (Å²) in [6, 6.07) is 0. The molecule has 1 aromatic rings. The molecule has 23 heavy (non-hydrogen) atoms. The Kier molecular flexibility index (Phi) is 10.2. The Labute approximate surface area is 150 Å². The van der Waals surface area contributed by atoms with Crippen molar-refractivity contribution in [3.05, 3.63) is 51.7 Å². The van der Waals surface area contributed by atoms with Crippen molar-refractivity contribution in [2.75, 3.05) is 0 Å². The number of nitrogens with two attached hydrogens (primary N) is 1. The number of hydrogen-bond donors (Lipinski definition) is 2. The zero-order valence-corrected chi connectivity index (χ0v) is 15.5. The highest BCUT2D eigenvalue weighted by Crippen LogP contribution is 2.25. The number of carbonyl (C=O) groups excluding carboxylic acids is 2. The van der Waals surface area contributed by atoms with Crippen molar-refractivity contribution in [3.8, 4) is 0 Å². The largest absolute Gasteiger partial charge is 0.366 e. The van der Waals surface area contributed by atoms with Crippen molar-refractivity contribution in [1.82, 2.24) is 9.69 Å². The van der Waals surface area contributed by atoms with Gasteiger partial charge in [0.1, 0.15) is 10.0 Å². The van der Waals surface area contributed by atoms with Crippen LogP contribution in [0.2, 0.25) is 5.15 Å². The van der Waals surface area contributed by atoms with Gasteiger partial charge in [0.15, 0.2) is 0 Å². The molecule has 0 fully saturated rings. The number of halogens is 2. The molecular weight excluding hydrogens is 357 g/mol. The summed E-state index contributed by atoms with van der Waals surface area (Å²) in [6.07, 6.45) is 4.80. The Bertz CT molecular complexity index is 637. The Morgan fingerprint density at radius 3 is 2.52 bits per heavy atom. The molecule has 1 heterocycles. The predicted octanol–water partition coefficient (Wildman–Crippen LogP) is 3.79. The van der Waals surface area contributed by atoms with Gasteiger partial charge in [0, 0.05) is 11.3 Å². The lowest BCUT2D eigenvalue weighted by Crippen LogP contribution is -2.27. The van der Waals surface area contributed by atoms with E-state index in [2.05, 4.69) is 16.3 Å². The van der Waals surface area contributed by atoms with E-state index in [1.807, 2.05) is 13.8 Å². The number of amides is 2. The molecule has 0 radical (unpaired) electrons. The average molecular weight is 376 g/mol. The zero-order chi connectivity index (χ0) is 18.0. The van der Waals surface area contributed by atoms with Crippen molar-refractivity contribution >= 4 is 46.5 Å². The van der Waals surface area contributed by atoms with Crippen LogP contribution in [0.15, 0.2) is 36.1 Å². The molecular formula is C15H19Cl2N3O2S. The van der Waals surface area contributed by atoms with E-state index in [0.29, 0.717) is 5.56 Å². The number of carbonyl (C=O) groups is 2. The molecule has 0 aliphatic rings. The maximum atomic E-state index is 12.1. The fourth-order valence-corrected chi connectivity index (χ4v) is 2.79. The van der Waals surface area contributed by atoms with Crippen molar-refractivity contribution in [2.24, 2.45) is 5.73 Å². The van der Waals surface area contributed by atoms with Crippen LogP contribution in [0.3, 0.4) is 0 Å². The van der Waals surface area contributed by atoms with Gasteiger partial charge in [-0.05, 0) is 24.5 Å². The lowest BCUT2D eigenvalue weighted by molar-refractivity contribution is -0.114. The summed E-state index contributed by atoms with van der Waals surface area (Å²) in [7, 11) is 0. The van der Waals surface area contributed by atoms with E-state index >= 15 is 0 Å². The Hall–Kier alpha value is -1.63. The van der Waals surface area contributed by atoms with Crippen molar-refractivity contribution in [3.63, 3.8) is 0 Å². The molecule has 1 rings (SSSR count). The number of nitrogens with zero attached hydrogens (tertiary/aromatic N) is 1. The number of allylic oxidation sites excluding steroid dienone is 3.